The van der Waals surface area contributed by atoms with Gasteiger partial charge in [-0.15, -0.1) is 23.5 Å². The summed E-state index contributed by atoms with van der Waals surface area (Å²) in [6.07, 6.45) is -1.87. The van der Waals surface area contributed by atoms with E-state index in [-0.39, 0.29) is 24.9 Å². The summed E-state index contributed by atoms with van der Waals surface area (Å²) in [6.45, 7) is -1.45. The Balaban J connectivity index is 1.41. The number of carbonyl (C=O) groups is 1. The number of aromatic nitrogens is 1. The van der Waals surface area contributed by atoms with E-state index in [1.54, 1.807) is 6.07 Å². The first kappa shape index (κ1) is 22.6. The van der Waals surface area contributed by atoms with Crippen molar-refractivity contribution in [2.75, 3.05) is 24.7 Å². The summed E-state index contributed by atoms with van der Waals surface area (Å²) in [5.41, 5.74) is 1.81. The van der Waals surface area contributed by atoms with Crippen molar-refractivity contribution in [3.8, 4) is 11.6 Å². The van der Waals surface area contributed by atoms with E-state index in [0.29, 0.717) is 15.9 Å². The monoisotopic (exact) mass is 458 g/mol. The molecule has 0 radical (unpaired) electrons. The van der Waals surface area contributed by atoms with Crippen molar-refractivity contribution in [3.63, 3.8) is 0 Å². The van der Waals surface area contributed by atoms with Gasteiger partial charge in [0, 0.05) is 18.8 Å². The Hall–Kier alpha value is -2.07. The van der Waals surface area contributed by atoms with Crippen LogP contribution in [0.25, 0.3) is 0 Å². The molecule has 0 aliphatic carbocycles. The van der Waals surface area contributed by atoms with Gasteiger partial charge in [-0.05, 0) is 47.3 Å². The molecule has 1 amide bonds. The first-order valence-corrected chi connectivity index (χ1v) is 11.4. The molecule has 0 bridgehead atoms. The first-order valence-electron chi connectivity index (χ1n) is 9.26. The number of hydrogen-bond acceptors (Lipinski definition) is 6. The number of rotatable bonds is 8. The Bertz CT molecular complexity index is 829. The average molecular weight is 459 g/mol. The van der Waals surface area contributed by atoms with Crippen LogP contribution in [-0.2, 0) is 11.3 Å². The van der Waals surface area contributed by atoms with Crippen molar-refractivity contribution >= 4 is 29.4 Å². The second-order valence-electron chi connectivity index (χ2n) is 6.47. The van der Waals surface area contributed by atoms with Gasteiger partial charge in [0.2, 0.25) is 5.88 Å². The highest BCUT2D eigenvalue weighted by Gasteiger charge is 2.28. The number of thioether (sulfide) groups is 2. The van der Waals surface area contributed by atoms with Gasteiger partial charge in [0.1, 0.15) is 5.75 Å². The van der Waals surface area contributed by atoms with Gasteiger partial charge in [0.25, 0.3) is 5.91 Å². The second-order valence-corrected chi connectivity index (χ2v) is 9.19. The van der Waals surface area contributed by atoms with Crippen LogP contribution >= 0.6 is 23.5 Å². The molecule has 1 N–H and O–H groups in total. The highest BCUT2D eigenvalue weighted by Crippen LogP contribution is 2.43. The van der Waals surface area contributed by atoms with Gasteiger partial charge < -0.3 is 14.8 Å². The van der Waals surface area contributed by atoms with Crippen molar-refractivity contribution < 1.29 is 27.4 Å². The summed E-state index contributed by atoms with van der Waals surface area (Å²) >= 11 is 3.88. The maximum Gasteiger partial charge on any atom is 0.422 e. The Morgan fingerprint density at radius 1 is 1.13 bits per heavy atom. The summed E-state index contributed by atoms with van der Waals surface area (Å²) in [4.78, 5) is 15.7. The van der Waals surface area contributed by atoms with Crippen molar-refractivity contribution in [2.45, 2.75) is 23.7 Å². The molecule has 1 aromatic heterocycles. The zero-order valence-corrected chi connectivity index (χ0v) is 17.6. The highest BCUT2D eigenvalue weighted by atomic mass is 32.2. The second kappa shape index (κ2) is 10.8. The van der Waals surface area contributed by atoms with Crippen LogP contribution in [0.3, 0.4) is 0 Å². The summed E-state index contributed by atoms with van der Waals surface area (Å²) in [5.74, 6) is 2.45. The third-order valence-corrected chi connectivity index (χ3v) is 7.04. The predicted molar refractivity (Wildman–Crippen MR) is 112 cm³/mol. The van der Waals surface area contributed by atoms with E-state index in [0.717, 1.165) is 0 Å². The van der Waals surface area contributed by atoms with Crippen LogP contribution in [-0.4, -0.2) is 41.8 Å². The Kier molecular flexibility index (Phi) is 8.15. The van der Waals surface area contributed by atoms with Crippen molar-refractivity contribution in [2.24, 2.45) is 0 Å². The number of nitrogens with zero attached hydrogens (tertiary/aromatic N) is 1. The van der Waals surface area contributed by atoms with Crippen LogP contribution in [0.15, 0.2) is 42.6 Å². The summed E-state index contributed by atoms with van der Waals surface area (Å²) in [7, 11) is 0. The molecule has 0 saturated carbocycles. The lowest BCUT2D eigenvalue weighted by Gasteiger charge is -2.21. The van der Waals surface area contributed by atoms with E-state index < -0.39 is 12.8 Å². The first-order chi connectivity index (χ1) is 14.4. The number of benzene rings is 1. The Morgan fingerprint density at radius 2 is 1.87 bits per heavy atom. The Morgan fingerprint density at radius 3 is 2.57 bits per heavy atom. The zero-order valence-electron chi connectivity index (χ0n) is 16.0. The third-order valence-electron chi connectivity index (χ3n) is 4.02. The third kappa shape index (κ3) is 7.64. The fourth-order valence-electron chi connectivity index (χ4n) is 2.60. The van der Waals surface area contributed by atoms with E-state index >= 15 is 0 Å². The number of alkyl halides is 3. The van der Waals surface area contributed by atoms with Crippen LogP contribution in [0.4, 0.5) is 13.2 Å². The lowest BCUT2D eigenvalue weighted by Crippen LogP contribution is -2.28. The smallest absolute Gasteiger partial charge is 0.422 e. The van der Waals surface area contributed by atoms with Gasteiger partial charge in [-0.3, -0.25) is 4.79 Å². The topological polar surface area (TPSA) is 60.5 Å². The average Bonchev–Trinajstić information content (AvgIpc) is 2.76. The molecule has 1 fully saturated rings. The molecule has 10 heteroatoms. The van der Waals surface area contributed by atoms with Gasteiger partial charge in [-0.2, -0.15) is 13.2 Å². The fourth-order valence-corrected chi connectivity index (χ4v) is 5.49. The summed E-state index contributed by atoms with van der Waals surface area (Å²) < 4.78 is 47.2. The maximum atomic E-state index is 12.2. The van der Waals surface area contributed by atoms with E-state index in [4.69, 9.17) is 4.74 Å². The van der Waals surface area contributed by atoms with E-state index in [9.17, 15) is 18.0 Å². The van der Waals surface area contributed by atoms with Crippen LogP contribution in [0.5, 0.6) is 11.6 Å². The predicted octanol–water partition coefficient (Wildman–Crippen LogP) is 4.59. The SMILES string of the molecule is O=C(COc1ccc(C2SCCCS2)cc1)NCc1ccnc(OCC(F)(F)F)c1. The normalized spacial score (nSPS) is 14.9. The lowest BCUT2D eigenvalue weighted by molar-refractivity contribution is -0.154. The number of carbonyl (C=O) groups excluding carboxylic acids is 1. The molecule has 0 spiro atoms. The van der Waals surface area contributed by atoms with Crippen LogP contribution in [0, 0.1) is 0 Å². The maximum absolute atomic E-state index is 12.2. The highest BCUT2D eigenvalue weighted by molar-refractivity contribution is 8.16. The number of pyridine rings is 1. The van der Waals surface area contributed by atoms with Crippen LogP contribution < -0.4 is 14.8 Å². The fraction of sp³-hybridized carbons (Fsp3) is 0.400. The molecule has 30 heavy (non-hydrogen) atoms. The molecule has 2 aromatic rings. The van der Waals surface area contributed by atoms with Gasteiger partial charge in [0.05, 0.1) is 4.58 Å². The molecule has 1 aliphatic heterocycles. The molecule has 0 atom stereocenters. The quantitative estimate of drug-likeness (QED) is 0.625. The molecular weight excluding hydrogens is 437 g/mol. The van der Waals surface area contributed by atoms with E-state index in [1.165, 1.54) is 35.8 Å². The molecule has 1 aliphatic rings. The summed E-state index contributed by atoms with van der Waals surface area (Å²) in [6, 6.07) is 10.7. The van der Waals surface area contributed by atoms with Crippen LogP contribution in [0.1, 0.15) is 22.1 Å². The van der Waals surface area contributed by atoms with Gasteiger partial charge in [-0.1, -0.05) is 12.1 Å². The molecule has 1 aromatic carbocycles. The number of ether oxygens (including phenoxy) is 2. The van der Waals surface area contributed by atoms with Gasteiger partial charge >= 0.3 is 6.18 Å². The standard InChI is InChI=1S/C20H21F3N2O3S2/c21-20(22,23)13-28-18-10-14(6-7-24-18)11-25-17(26)12-27-16-4-2-15(3-5-16)19-29-8-1-9-30-19/h2-7,10,19H,1,8-9,11-13H2,(H,25,26). The number of nitrogens with one attached hydrogen (secondary N) is 1. The molecule has 5 nitrogen and oxygen atoms in total. The molecule has 2 heterocycles. The zero-order chi connectivity index (χ0) is 21.4. The summed E-state index contributed by atoms with van der Waals surface area (Å²) in [5, 5.41) is 2.66. The van der Waals surface area contributed by atoms with E-state index in [2.05, 4.69) is 15.0 Å². The van der Waals surface area contributed by atoms with Crippen molar-refractivity contribution in [1.82, 2.24) is 10.3 Å². The van der Waals surface area contributed by atoms with Gasteiger partial charge in [-0.25, -0.2) is 4.98 Å². The molecular formula is C20H21F3N2O3S2. The molecule has 1 saturated heterocycles. The minimum Gasteiger partial charge on any atom is -0.484 e. The minimum atomic E-state index is -4.43. The van der Waals surface area contributed by atoms with E-state index in [1.807, 2.05) is 47.8 Å². The van der Waals surface area contributed by atoms with Crippen molar-refractivity contribution in [3.05, 3.63) is 53.7 Å². The molecule has 162 valence electrons. The largest absolute Gasteiger partial charge is 0.484 e. The molecule has 3 rings (SSSR count). The number of amides is 1. The number of hydrogen-bond donors (Lipinski definition) is 1. The van der Waals surface area contributed by atoms with Gasteiger partial charge in [0.15, 0.2) is 13.2 Å². The van der Waals surface area contributed by atoms with Crippen LogP contribution in [0.2, 0.25) is 0 Å². The number of halogens is 3. The lowest BCUT2D eigenvalue weighted by atomic mass is 10.2. The Labute approximate surface area is 181 Å². The molecule has 0 unspecified atom stereocenters. The minimum absolute atomic E-state index is 0.127. The van der Waals surface area contributed by atoms with Crippen molar-refractivity contribution in [1.29, 1.82) is 0 Å².